The van der Waals surface area contributed by atoms with Crippen LogP contribution in [-0.4, -0.2) is 65.5 Å². The summed E-state index contributed by atoms with van der Waals surface area (Å²) in [5, 5.41) is 0. The molecule has 0 fully saturated rings. The highest BCUT2D eigenvalue weighted by Crippen LogP contribution is 2.24. The minimum Gasteiger partial charge on any atom is -0.468 e. The van der Waals surface area contributed by atoms with E-state index in [1.54, 1.807) is 31.5 Å². The number of sulfonamides is 1. The van der Waals surface area contributed by atoms with Crippen LogP contribution in [0.15, 0.2) is 47.6 Å². The third-order valence-electron chi connectivity index (χ3n) is 5.73. The van der Waals surface area contributed by atoms with Gasteiger partial charge in [-0.15, -0.1) is 0 Å². The fraction of sp³-hybridized carbons (Fsp3) is 0.440. The van der Waals surface area contributed by atoms with E-state index in [1.807, 2.05) is 31.4 Å². The lowest BCUT2D eigenvalue weighted by Gasteiger charge is -2.29. The average Bonchev–Trinajstić information content (AvgIpc) is 3.16. The third-order valence-corrected chi connectivity index (χ3v) is 7.59. The number of carbonyl (C=O) groups excluding carboxylic acids is 2. The first kappa shape index (κ1) is 27.3. The number of pyridine rings is 1. The Hall–Kier alpha value is -3.31. The molecule has 0 N–H and O–H groups in total. The van der Waals surface area contributed by atoms with Gasteiger partial charge in [-0.3, -0.25) is 14.6 Å². The quantitative estimate of drug-likeness (QED) is 0.357. The van der Waals surface area contributed by atoms with E-state index in [1.165, 1.54) is 19.2 Å². The van der Waals surface area contributed by atoms with Crippen molar-refractivity contribution in [3.8, 4) is 0 Å². The maximum atomic E-state index is 13.7. The molecular weight excluding hydrogens is 484 g/mol. The minimum absolute atomic E-state index is 0.0279. The van der Waals surface area contributed by atoms with E-state index in [0.717, 1.165) is 26.7 Å². The van der Waals surface area contributed by atoms with Gasteiger partial charge in [-0.1, -0.05) is 26.0 Å². The summed E-state index contributed by atoms with van der Waals surface area (Å²) in [5.74, 6) is -0.694. The van der Waals surface area contributed by atoms with Crippen molar-refractivity contribution >= 4 is 33.0 Å². The summed E-state index contributed by atoms with van der Waals surface area (Å²) in [5.41, 5.74) is 2.56. The van der Waals surface area contributed by atoms with E-state index in [2.05, 4.69) is 9.97 Å². The van der Waals surface area contributed by atoms with Crippen molar-refractivity contribution in [2.24, 2.45) is 5.92 Å². The van der Waals surface area contributed by atoms with Crippen molar-refractivity contribution < 1.29 is 27.5 Å². The van der Waals surface area contributed by atoms with Gasteiger partial charge < -0.3 is 14.0 Å². The molecule has 3 rings (SSSR count). The monoisotopic (exact) mass is 516 g/mol. The van der Waals surface area contributed by atoms with Gasteiger partial charge in [-0.05, 0) is 49.9 Å². The molecule has 10 nitrogen and oxygen atoms in total. The first-order valence-electron chi connectivity index (χ1n) is 11.7. The molecule has 0 unspecified atom stereocenters. The van der Waals surface area contributed by atoms with E-state index >= 15 is 0 Å². The molecule has 2 heterocycles. The van der Waals surface area contributed by atoms with Gasteiger partial charge >= 0.3 is 11.9 Å². The standard InChI is InChI=1S/C25H32N4O6S/c1-6-35-25(31)22(13-17(2)3)29(16-24(30)34-5)36(32,33)20-9-7-19(8-10-20)15-28-18(4)27-21-11-12-26-14-23(21)28/h7-12,14,17,22H,6,13,15-16H2,1-5H3/t22-/m0/s1. The van der Waals surface area contributed by atoms with Crippen LogP contribution in [0.25, 0.3) is 11.0 Å². The van der Waals surface area contributed by atoms with Crippen LogP contribution in [0.2, 0.25) is 0 Å². The lowest BCUT2D eigenvalue weighted by molar-refractivity contribution is -0.150. The number of methoxy groups -OCH3 is 1. The van der Waals surface area contributed by atoms with Crippen molar-refractivity contribution in [1.29, 1.82) is 0 Å². The van der Waals surface area contributed by atoms with E-state index in [4.69, 9.17) is 9.47 Å². The van der Waals surface area contributed by atoms with Crippen LogP contribution in [-0.2, 0) is 35.6 Å². The zero-order valence-electron chi connectivity index (χ0n) is 21.2. The van der Waals surface area contributed by atoms with E-state index in [9.17, 15) is 18.0 Å². The molecule has 0 amide bonds. The normalized spacial score (nSPS) is 12.8. The van der Waals surface area contributed by atoms with Crippen LogP contribution in [0.5, 0.6) is 0 Å². The minimum atomic E-state index is -4.23. The van der Waals surface area contributed by atoms with Crippen LogP contribution < -0.4 is 0 Å². The zero-order chi connectivity index (χ0) is 26.5. The van der Waals surface area contributed by atoms with E-state index < -0.39 is 34.5 Å². The number of carbonyl (C=O) groups is 2. The molecule has 0 aliphatic rings. The zero-order valence-corrected chi connectivity index (χ0v) is 22.0. The largest absolute Gasteiger partial charge is 0.468 e. The van der Waals surface area contributed by atoms with Gasteiger partial charge in [0.05, 0.1) is 35.8 Å². The SMILES string of the molecule is CCOC(=O)[C@H](CC(C)C)N(CC(=O)OC)S(=O)(=O)c1ccc(Cn2c(C)nc3ccncc32)cc1. The van der Waals surface area contributed by atoms with Crippen molar-refractivity contribution in [2.45, 2.75) is 51.6 Å². The van der Waals surface area contributed by atoms with Gasteiger partial charge in [0.1, 0.15) is 18.4 Å². The summed E-state index contributed by atoms with van der Waals surface area (Å²) in [6, 6.07) is 7.01. The van der Waals surface area contributed by atoms with Crippen LogP contribution in [0, 0.1) is 12.8 Å². The van der Waals surface area contributed by atoms with Gasteiger partial charge in [0.25, 0.3) is 0 Å². The van der Waals surface area contributed by atoms with Crippen LogP contribution in [0.1, 0.15) is 38.6 Å². The summed E-state index contributed by atoms with van der Waals surface area (Å²) in [4.78, 5) is 33.6. The van der Waals surface area contributed by atoms with Crippen molar-refractivity contribution in [3.05, 3.63) is 54.1 Å². The highest BCUT2D eigenvalue weighted by atomic mass is 32.2. The highest BCUT2D eigenvalue weighted by Gasteiger charge is 2.39. The first-order valence-corrected chi connectivity index (χ1v) is 13.1. The van der Waals surface area contributed by atoms with Crippen molar-refractivity contribution in [2.75, 3.05) is 20.3 Å². The second-order valence-electron chi connectivity index (χ2n) is 8.78. The molecule has 0 bridgehead atoms. The number of hydrogen-bond donors (Lipinski definition) is 0. The number of hydrogen-bond acceptors (Lipinski definition) is 8. The summed E-state index contributed by atoms with van der Waals surface area (Å²) >= 11 is 0. The Morgan fingerprint density at radius 1 is 1.14 bits per heavy atom. The maximum absolute atomic E-state index is 13.7. The topological polar surface area (TPSA) is 121 Å². The number of imidazole rings is 1. The van der Waals surface area contributed by atoms with Crippen molar-refractivity contribution in [1.82, 2.24) is 18.8 Å². The number of benzene rings is 1. The average molecular weight is 517 g/mol. The molecule has 0 spiro atoms. The Morgan fingerprint density at radius 3 is 2.44 bits per heavy atom. The molecule has 194 valence electrons. The van der Waals surface area contributed by atoms with Crippen LogP contribution in [0.3, 0.4) is 0 Å². The molecule has 3 aromatic rings. The molecule has 1 aromatic carbocycles. The van der Waals surface area contributed by atoms with Crippen LogP contribution >= 0.6 is 0 Å². The van der Waals surface area contributed by atoms with Gasteiger partial charge in [-0.2, -0.15) is 4.31 Å². The maximum Gasteiger partial charge on any atom is 0.324 e. The predicted octanol–water partition coefficient (Wildman–Crippen LogP) is 2.93. The summed E-state index contributed by atoms with van der Waals surface area (Å²) in [7, 11) is -3.07. The molecule has 0 saturated carbocycles. The molecule has 1 atom stereocenters. The predicted molar refractivity (Wildman–Crippen MR) is 134 cm³/mol. The second-order valence-corrected chi connectivity index (χ2v) is 10.7. The molecule has 0 aliphatic carbocycles. The van der Waals surface area contributed by atoms with Gasteiger partial charge in [-0.25, -0.2) is 13.4 Å². The molecule has 0 radical (unpaired) electrons. The lowest BCUT2D eigenvalue weighted by Crippen LogP contribution is -2.49. The van der Waals surface area contributed by atoms with Gasteiger partial charge in [0.2, 0.25) is 10.0 Å². The fourth-order valence-electron chi connectivity index (χ4n) is 3.95. The summed E-state index contributed by atoms with van der Waals surface area (Å²) < 4.78 is 40.1. The van der Waals surface area contributed by atoms with Gasteiger partial charge in [0, 0.05) is 12.7 Å². The Morgan fingerprint density at radius 2 is 1.83 bits per heavy atom. The second kappa shape index (κ2) is 11.6. The molecule has 0 saturated heterocycles. The number of aromatic nitrogens is 3. The van der Waals surface area contributed by atoms with E-state index in [0.29, 0.717) is 6.54 Å². The number of ether oxygens (including phenoxy) is 2. The van der Waals surface area contributed by atoms with Crippen molar-refractivity contribution in [3.63, 3.8) is 0 Å². The lowest BCUT2D eigenvalue weighted by atomic mass is 10.0. The molecule has 11 heteroatoms. The molecule has 0 aliphatic heterocycles. The Bertz CT molecular complexity index is 1320. The number of aryl methyl sites for hydroxylation is 1. The number of fused-ring (bicyclic) bond motifs is 1. The van der Waals surface area contributed by atoms with Gasteiger partial charge in [0.15, 0.2) is 0 Å². The Balaban J connectivity index is 1.95. The number of nitrogens with zero attached hydrogens (tertiary/aromatic N) is 4. The first-order chi connectivity index (χ1) is 17.1. The highest BCUT2D eigenvalue weighted by molar-refractivity contribution is 7.89. The van der Waals surface area contributed by atoms with Crippen LogP contribution in [0.4, 0.5) is 0 Å². The molecule has 2 aromatic heterocycles. The van der Waals surface area contributed by atoms with E-state index in [-0.39, 0.29) is 23.8 Å². The number of rotatable bonds is 11. The smallest absolute Gasteiger partial charge is 0.324 e. The molecule has 36 heavy (non-hydrogen) atoms. The fourth-order valence-corrected chi connectivity index (χ4v) is 5.48. The third kappa shape index (κ3) is 6.08. The Kier molecular flexibility index (Phi) is 8.80. The Labute approximate surface area is 211 Å². The summed E-state index contributed by atoms with van der Waals surface area (Å²) in [6.07, 6.45) is 3.61. The number of esters is 2. The summed E-state index contributed by atoms with van der Waals surface area (Å²) in [6.45, 7) is 7.22. The molecular formula is C25H32N4O6S.